The van der Waals surface area contributed by atoms with Gasteiger partial charge in [0.25, 0.3) is 5.91 Å². The topological polar surface area (TPSA) is 81.7 Å². The number of carbonyl (C=O) groups is 1. The summed E-state index contributed by atoms with van der Waals surface area (Å²) >= 11 is 0. The summed E-state index contributed by atoms with van der Waals surface area (Å²) < 4.78 is 34.1. The lowest BCUT2D eigenvalue weighted by molar-refractivity contribution is 0.102. The first-order chi connectivity index (χ1) is 11.8. The van der Waals surface area contributed by atoms with Gasteiger partial charge in [-0.25, -0.2) is 8.42 Å². The molecule has 0 aliphatic heterocycles. The second-order valence-electron chi connectivity index (χ2n) is 5.50. The molecule has 0 saturated carbocycles. The predicted octanol–water partition coefficient (Wildman–Crippen LogP) is 3.06. The Balaban J connectivity index is 2.31. The molecule has 0 radical (unpaired) electrons. The maximum absolute atomic E-state index is 12.5. The second kappa shape index (κ2) is 7.57. The molecule has 25 heavy (non-hydrogen) atoms. The van der Waals surface area contributed by atoms with Crippen molar-refractivity contribution in [1.29, 1.82) is 0 Å². The third kappa shape index (κ3) is 4.51. The Bertz CT molecular complexity index is 890. The fourth-order valence-electron chi connectivity index (χ4n) is 2.29. The van der Waals surface area contributed by atoms with Crippen LogP contribution in [0, 0.1) is 6.92 Å². The van der Waals surface area contributed by atoms with E-state index in [9.17, 15) is 13.2 Å². The Morgan fingerprint density at radius 2 is 1.84 bits per heavy atom. The van der Waals surface area contributed by atoms with Gasteiger partial charge in [0.2, 0.25) is 0 Å². The predicted molar refractivity (Wildman–Crippen MR) is 96.4 cm³/mol. The van der Waals surface area contributed by atoms with Crippen molar-refractivity contribution in [2.75, 3.05) is 25.3 Å². The lowest BCUT2D eigenvalue weighted by Crippen LogP contribution is -2.14. The summed E-state index contributed by atoms with van der Waals surface area (Å²) in [5.74, 6) is 0.689. The van der Waals surface area contributed by atoms with Gasteiger partial charge in [0.1, 0.15) is 0 Å². The maximum Gasteiger partial charge on any atom is 0.255 e. The van der Waals surface area contributed by atoms with Crippen molar-refractivity contribution < 1.29 is 22.7 Å². The summed E-state index contributed by atoms with van der Waals surface area (Å²) in [6, 6.07) is 9.54. The molecule has 0 aliphatic rings. The number of amides is 1. The first-order valence-electron chi connectivity index (χ1n) is 7.69. The number of hydrogen-bond acceptors (Lipinski definition) is 5. The molecule has 0 aliphatic carbocycles. The van der Waals surface area contributed by atoms with E-state index in [1.165, 1.54) is 19.2 Å². The van der Waals surface area contributed by atoms with Gasteiger partial charge in [-0.2, -0.15) is 0 Å². The van der Waals surface area contributed by atoms with Crippen LogP contribution in [0.2, 0.25) is 0 Å². The molecule has 134 valence electrons. The number of sulfone groups is 1. The highest BCUT2D eigenvalue weighted by molar-refractivity contribution is 7.90. The van der Waals surface area contributed by atoms with Crippen LogP contribution in [0.1, 0.15) is 22.8 Å². The van der Waals surface area contributed by atoms with Crippen molar-refractivity contribution in [2.45, 2.75) is 18.7 Å². The van der Waals surface area contributed by atoms with Crippen LogP contribution >= 0.6 is 0 Å². The Labute approximate surface area is 147 Å². The molecule has 0 atom stereocenters. The lowest BCUT2D eigenvalue weighted by atomic mass is 10.1. The summed E-state index contributed by atoms with van der Waals surface area (Å²) in [4.78, 5) is 12.7. The number of carbonyl (C=O) groups excluding carboxylic acids is 1. The summed E-state index contributed by atoms with van der Waals surface area (Å²) in [5.41, 5.74) is 1.51. The van der Waals surface area contributed by atoms with E-state index >= 15 is 0 Å². The molecular formula is C18H21NO5S. The van der Waals surface area contributed by atoms with Crippen molar-refractivity contribution in [3.8, 4) is 11.5 Å². The standard InChI is InChI=1S/C18H21NO5S/c1-5-24-16-9-7-13(10-17(16)23-3)19-18(20)15-11-14(25(4,21)22)8-6-12(15)2/h6-11H,5H2,1-4H3,(H,19,20). The van der Waals surface area contributed by atoms with Gasteiger partial charge in [0.15, 0.2) is 21.3 Å². The summed E-state index contributed by atoms with van der Waals surface area (Å²) in [5, 5.41) is 2.75. The molecule has 2 aromatic carbocycles. The average Bonchev–Trinajstić information content (AvgIpc) is 2.55. The first kappa shape index (κ1) is 18.8. The minimum atomic E-state index is -3.39. The number of methoxy groups -OCH3 is 1. The van der Waals surface area contributed by atoms with Crippen LogP contribution < -0.4 is 14.8 Å². The van der Waals surface area contributed by atoms with Gasteiger partial charge in [-0.1, -0.05) is 6.07 Å². The van der Waals surface area contributed by atoms with E-state index in [-0.39, 0.29) is 4.90 Å². The zero-order valence-corrected chi connectivity index (χ0v) is 15.4. The Morgan fingerprint density at radius 3 is 2.44 bits per heavy atom. The number of hydrogen-bond donors (Lipinski definition) is 1. The third-order valence-corrected chi connectivity index (χ3v) is 4.71. The highest BCUT2D eigenvalue weighted by Gasteiger charge is 2.15. The fourth-order valence-corrected chi connectivity index (χ4v) is 2.94. The van der Waals surface area contributed by atoms with Crippen molar-refractivity contribution in [2.24, 2.45) is 0 Å². The maximum atomic E-state index is 12.5. The van der Waals surface area contributed by atoms with Crippen LogP contribution in [0.5, 0.6) is 11.5 Å². The number of rotatable bonds is 6. The smallest absolute Gasteiger partial charge is 0.255 e. The molecule has 7 heteroatoms. The Hall–Kier alpha value is -2.54. The van der Waals surface area contributed by atoms with E-state index in [0.717, 1.165) is 6.26 Å². The highest BCUT2D eigenvalue weighted by atomic mass is 32.2. The molecule has 0 saturated heterocycles. The normalized spacial score (nSPS) is 11.0. The van der Waals surface area contributed by atoms with E-state index in [1.807, 2.05) is 6.92 Å². The van der Waals surface area contributed by atoms with Crippen LogP contribution in [-0.2, 0) is 9.84 Å². The molecule has 2 aromatic rings. The van der Waals surface area contributed by atoms with Crippen LogP contribution in [0.3, 0.4) is 0 Å². The molecule has 0 unspecified atom stereocenters. The summed E-state index contributed by atoms with van der Waals surface area (Å²) in [6.07, 6.45) is 1.11. The molecule has 0 spiro atoms. The van der Waals surface area contributed by atoms with Crippen molar-refractivity contribution >= 4 is 21.4 Å². The van der Waals surface area contributed by atoms with Crippen molar-refractivity contribution in [1.82, 2.24) is 0 Å². The Kier molecular flexibility index (Phi) is 5.69. The second-order valence-corrected chi connectivity index (χ2v) is 7.52. The summed E-state index contributed by atoms with van der Waals surface area (Å²) in [6.45, 7) is 4.12. The minimum absolute atomic E-state index is 0.104. The monoisotopic (exact) mass is 363 g/mol. The molecule has 0 aromatic heterocycles. The molecule has 0 fully saturated rings. The zero-order valence-electron chi connectivity index (χ0n) is 14.6. The van der Waals surface area contributed by atoms with E-state index in [4.69, 9.17) is 9.47 Å². The quantitative estimate of drug-likeness (QED) is 0.853. The van der Waals surface area contributed by atoms with Gasteiger partial charge in [-0.3, -0.25) is 4.79 Å². The lowest BCUT2D eigenvalue weighted by Gasteiger charge is -2.13. The fraction of sp³-hybridized carbons (Fsp3) is 0.278. The first-order valence-corrected chi connectivity index (χ1v) is 9.58. The van der Waals surface area contributed by atoms with Gasteiger partial charge < -0.3 is 14.8 Å². The molecule has 0 bridgehead atoms. The van der Waals surface area contributed by atoms with Crippen LogP contribution in [0.4, 0.5) is 5.69 Å². The number of ether oxygens (including phenoxy) is 2. The van der Waals surface area contributed by atoms with Crippen molar-refractivity contribution in [3.63, 3.8) is 0 Å². The SMILES string of the molecule is CCOc1ccc(NC(=O)c2cc(S(C)(=O)=O)ccc2C)cc1OC. The van der Waals surface area contributed by atoms with Gasteiger partial charge in [0, 0.05) is 23.6 Å². The molecular weight excluding hydrogens is 342 g/mol. The molecule has 1 N–H and O–H groups in total. The third-order valence-electron chi connectivity index (χ3n) is 3.60. The van der Waals surface area contributed by atoms with Crippen LogP contribution in [0.15, 0.2) is 41.3 Å². The highest BCUT2D eigenvalue weighted by Crippen LogP contribution is 2.30. The van der Waals surface area contributed by atoms with Gasteiger partial charge in [-0.15, -0.1) is 0 Å². The number of benzene rings is 2. The van der Waals surface area contributed by atoms with E-state index in [0.29, 0.717) is 34.9 Å². The Morgan fingerprint density at radius 1 is 1.12 bits per heavy atom. The molecule has 2 rings (SSSR count). The van der Waals surface area contributed by atoms with E-state index < -0.39 is 15.7 Å². The van der Waals surface area contributed by atoms with Gasteiger partial charge in [-0.05, 0) is 43.7 Å². The number of anilines is 1. The van der Waals surface area contributed by atoms with Gasteiger partial charge in [0.05, 0.1) is 18.6 Å². The average molecular weight is 363 g/mol. The largest absolute Gasteiger partial charge is 0.493 e. The van der Waals surface area contributed by atoms with Gasteiger partial charge >= 0.3 is 0 Å². The number of aryl methyl sites for hydroxylation is 1. The molecule has 1 amide bonds. The minimum Gasteiger partial charge on any atom is -0.493 e. The van der Waals surface area contributed by atoms with Crippen LogP contribution in [0.25, 0.3) is 0 Å². The van der Waals surface area contributed by atoms with Crippen LogP contribution in [-0.4, -0.2) is 34.3 Å². The number of nitrogens with one attached hydrogen (secondary N) is 1. The van der Waals surface area contributed by atoms with Crippen molar-refractivity contribution in [3.05, 3.63) is 47.5 Å². The van der Waals surface area contributed by atoms with E-state index in [1.54, 1.807) is 31.2 Å². The molecule has 6 nitrogen and oxygen atoms in total. The molecule has 0 heterocycles. The van der Waals surface area contributed by atoms with E-state index in [2.05, 4.69) is 5.32 Å². The zero-order chi connectivity index (χ0) is 18.6. The summed E-state index contributed by atoms with van der Waals surface area (Å²) in [7, 11) is -1.87.